The molecular formula is C14H23FN2OS. The molecule has 1 atom stereocenters. The van der Waals surface area contributed by atoms with Crippen molar-refractivity contribution in [2.45, 2.75) is 43.2 Å². The zero-order chi connectivity index (χ0) is 14.3. The Morgan fingerprint density at radius 1 is 1.42 bits per heavy atom. The molecule has 0 saturated heterocycles. The minimum absolute atomic E-state index is 0.138. The Morgan fingerprint density at radius 2 is 2.11 bits per heavy atom. The summed E-state index contributed by atoms with van der Waals surface area (Å²) >= 11 is 1.48. The van der Waals surface area contributed by atoms with Crippen LogP contribution in [-0.4, -0.2) is 24.5 Å². The maximum absolute atomic E-state index is 13.5. The largest absolute Gasteiger partial charge is 0.379 e. The third kappa shape index (κ3) is 5.91. The van der Waals surface area contributed by atoms with Crippen LogP contribution < -0.4 is 11.3 Å². The summed E-state index contributed by atoms with van der Waals surface area (Å²) in [6.45, 7) is 4.09. The van der Waals surface area contributed by atoms with Crippen LogP contribution >= 0.6 is 11.8 Å². The van der Waals surface area contributed by atoms with Gasteiger partial charge in [-0.1, -0.05) is 12.1 Å². The summed E-state index contributed by atoms with van der Waals surface area (Å²) < 4.78 is 18.9. The van der Waals surface area contributed by atoms with Gasteiger partial charge < -0.3 is 4.74 Å². The Hall–Kier alpha value is -0.620. The molecular weight excluding hydrogens is 263 g/mol. The Morgan fingerprint density at radius 3 is 2.68 bits per heavy atom. The molecule has 0 aromatic heterocycles. The standard InChI is InChI=1S/C14H23FN2OS/c1-14(2,18-3)9-8-11(17-16)10-19-13-7-5-4-6-12(13)15/h4-7,11,17H,8-10,16H2,1-3H3. The fourth-order valence-electron chi connectivity index (χ4n) is 1.59. The van der Waals surface area contributed by atoms with Gasteiger partial charge in [-0.25, -0.2) is 4.39 Å². The molecule has 5 heteroatoms. The van der Waals surface area contributed by atoms with Gasteiger partial charge >= 0.3 is 0 Å². The lowest BCUT2D eigenvalue weighted by atomic mass is 10.00. The average Bonchev–Trinajstić information content (AvgIpc) is 2.41. The molecule has 0 fully saturated rings. The van der Waals surface area contributed by atoms with E-state index >= 15 is 0 Å². The monoisotopic (exact) mass is 286 g/mol. The van der Waals surface area contributed by atoms with Gasteiger partial charge in [0, 0.05) is 23.8 Å². The second kappa shape index (κ2) is 7.85. The van der Waals surface area contributed by atoms with Crippen molar-refractivity contribution in [1.29, 1.82) is 0 Å². The predicted octanol–water partition coefficient (Wildman–Crippen LogP) is 2.95. The zero-order valence-corrected chi connectivity index (χ0v) is 12.6. The molecule has 1 unspecified atom stereocenters. The Bertz CT molecular complexity index is 387. The molecule has 1 rings (SSSR count). The first-order chi connectivity index (χ1) is 8.98. The normalized spacial score (nSPS) is 13.5. The van der Waals surface area contributed by atoms with E-state index in [-0.39, 0.29) is 17.5 Å². The van der Waals surface area contributed by atoms with Crippen LogP contribution in [0.5, 0.6) is 0 Å². The number of hydrogen-bond donors (Lipinski definition) is 2. The molecule has 0 heterocycles. The van der Waals surface area contributed by atoms with Gasteiger partial charge in [-0.3, -0.25) is 11.3 Å². The third-order valence-electron chi connectivity index (χ3n) is 3.16. The van der Waals surface area contributed by atoms with Gasteiger partial charge in [-0.2, -0.15) is 0 Å². The van der Waals surface area contributed by atoms with E-state index in [1.165, 1.54) is 17.8 Å². The lowest BCUT2D eigenvalue weighted by molar-refractivity contribution is 0.0122. The highest BCUT2D eigenvalue weighted by Gasteiger charge is 2.19. The molecule has 3 N–H and O–H groups in total. The zero-order valence-electron chi connectivity index (χ0n) is 11.8. The van der Waals surface area contributed by atoms with E-state index in [9.17, 15) is 4.39 Å². The van der Waals surface area contributed by atoms with Gasteiger partial charge in [-0.15, -0.1) is 11.8 Å². The van der Waals surface area contributed by atoms with Crippen molar-refractivity contribution in [2.24, 2.45) is 5.84 Å². The maximum atomic E-state index is 13.5. The SMILES string of the molecule is COC(C)(C)CCC(CSc1ccccc1F)NN. The van der Waals surface area contributed by atoms with E-state index < -0.39 is 0 Å². The van der Waals surface area contributed by atoms with Crippen molar-refractivity contribution in [3.05, 3.63) is 30.1 Å². The molecule has 0 bridgehead atoms. The third-order valence-corrected chi connectivity index (χ3v) is 4.37. The van der Waals surface area contributed by atoms with E-state index in [1.807, 2.05) is 19.9 Å². The summed E-state index contributed by atoms with van der Waals surface area (Å²) in [5.74, 6) is 6.10. The number of halogens is 1. The highest BCUT2D eigenvalue weighted by atomic mass is 32.2. The van der Waals surface area contributed by atoms with Crippen molar-refractivity contribution < 1.29 is 9.13 Å². The first-order valence-corrected chi connectivity index (χ1v) is 7.35. The number of thioether (sulfide) groups is 1. The number of ether oxygens (including phenoxy) is 1. The average molecular weight is 286 g/mol. The lowest BCUT2D eigenvalue weighted by Crippen LogP contribution is -2.38. The number of nitrogens with one attached hydrogen (secondary N) is 1. The molecule has 0 aliphatic rings. The number of nitrogens with two attached hydrogens (primary N) is 1. The molecule has 0 spiro atoms. The molecule has 0 saturated carbocycles. The number of benzene rings is 1. The van der Waals surface area contributed by atoms with Crippen LogP contribution in [0, 0.1) is 5.82 Å². The van der Waals surface area contributed by atoms with E-state index in [0.29, 0.717) is 4.90 Å². The first kappa shape index (κ1) is 16.4. The fraction of sp³-hybridized carbons (Fsp3) is 0.571. The highest BCUT2D eigenvalue weighted by Crippen LogP contribution is 2.24. The van der Waals surface area contributed by atoms with E-state index in [1.54, 1.807) is 19.2 Å². The molecule has 0 aliphatic heterocycles. The number of rotatable bonds is 8. The Labute approximate surface area is 119 Å². The van der Waals surface area contributed by atoms with E-state index in [2.05, 4.69) is 5.43 Å². The number of hydrogen-bond acceptors (Lipinski definition) is 4. The summed E-state index contributed by atoms with van der Waals surface area (Å²) in [4.78, 5) is 0.661. The van der Waals surface area contributed by atoms with Crippen LogP contribution in [0.2, 0.25) is 0 Å². The molecule has 19 heavy (non-hydrogen) atoms. The van der Waals surface area contributed by atoms with Crippen LogP contribution in [0.25, 0.3) is 0 Å². The second-order valence-corrected chi connectivity index (χ2v) is 6.17. The molecule has 108 valence electrons. The van der Waals surface area contributed by atoms with Crippen molar-refractivity contribution in [2.75, 3.05) is 12.9 Å². The Balaban J connectivity index is 2.43. The number of methoxy groups -OCH3 is 1. The smallest absolute Gasteiger partial charge is 0.136 e. The summed E-state index contributed by atoms with van der Waals surface area (Å²) in [5.41, 5.74) is 2.63. The van der Waals surface area contributed by atoms with Crippen LogP contribution in [-0.2, 0) is 4.74 Å². The van der Waals surface area contributed by atoms with Gasteiger partial charge in [0.15, 0.2) is 0 Å². The molecule has 0 aliphatic carbocycles. The molecule has 1 aromatic carbocycles. The topological polar surface area (TPSA) is 47.3 Å². The van der Waals surface area contributed by atoms with Crippen molar-refractivity contribution >= 4 is 11.8 Å². The summed E-state index contributed by atoms with van der Waals surface area (Å²) in [5, 5.41) is 0. The molecule has 1 aromatic rings. The van der Waals surface area contributed by atoms with Gasteiger partial charge in [-0.05, 0) is 38.8 Å². The van der Waals surface area contributed by atoms with Gasteiger partial charge in [0.1, 0.15) is 5.82 Å². The van der Waals surface area contributed by atoms with Crippen LogP contribution in [0.15, 0.2) is 29.2 Å². The maximum Gasteiger partial charge on any atom is 0.136 e. The van der Waals surface area contributed by atoms with Crippen molar-refractivity contribution in [1.82, 2.24) is 5.43 Å². The summed E-state index contributed by atoms with van der Waals surface area (Å²) in [6, 6.07) is 6.93. The number of hydrazine groups is 1. The van der Waals surface area contributed by atoms with Gasteiger partial charge in [0.05, 0.1) is 5.60 Å². The van der Waals surface area contributed by atoms with Crippen LogP contribution in [0.4, 0.5) is 4.39 Å². The second-order valence-electron chi connectivity index (χ2n) is 5.11. The van der Waals surface area contributed by atoms with E-state index in [4.69, 9.17) is 10.6 Å². The van der Waals surface area contributed by atoms with Crippen LogP contribution in [0.3, 0.4) is 0 Å². The van der Waals surface area contributed by atoms with Gasteiger partial charge in [0.25, 0.3) is 0 Å². The summed E-state index contributed by atoms with van der Waals surface area (Å²) in [7, 11) is 1.71. The fourth-order valence-corrected chi connectivity index (χ4v) is 2.62. The van der Waals surface area contributed by atoms with E-state index in [0.717, 1.165) is 18.6 Å². The summed E-state index contributed by atoms with van der Waals surface area (Å²) in [6.07, 6.45) is 1.79. The van der Waals surface area contributed by atoms with Crippen LogP contribution in [0.1, 0.15) is 26.7 Å². The van der Waals surface area contributed by atoms with Crippen molar-refractivity contribution in [3.8, 4) is 0 Å². The molecule has 0 radical (unpaired) electrons. The minimum Gasteiger partial charge on any atom is -0.379 e. The first-order valence-electron chi connectivity index (χ1n) is 6.37. The Kier molecular flexibility index (Phi) is 6.79. The predicted molar refractivity (Wildman–Crippen MR) is 78.6 cm³/mol. The van der Waals surface area contributed by atoms with Crippen molar-refractivity contribution in [3.63, 3.8) is 0 Å². The molecule has 0 amide bonds. The van der Waals surface area contributed by atoms with Gasteiger partial charge in [0.2, 0.25) is 0 Å². The molecule has 3 nitrogen and oxygen atoms in total. The highest BCUT2D eigenvalue weighted by molar-refractivity contribution is 7.99. The lowest BCUT2D eigenvalue weighted by Gasteiger charge is -2.25. The quantitative estimate of drug-likeness (QED) is 0.438. The minimum atomic E-state index is -0.180.